The Kier molecular flexibility index (Phi) is 3.80. The molecule has 108 valence electrons. The van der Waals surface area contributed by atoms with Crippen LogP contribution in [0.2, 0.25) is 0 Å². The second-order valence-corrected chi connectivity index (χ2v) is 5.01. The Balaban J connectivity index is 2.42. The van der Waals surface area contributed by atoms with Gasteiger partial charge in [0.25, 0.3) is 5.91 Å². The molecular weight excluding hydrogens is 299 g/mol. The lowest BCUT2D eigenvalue weighted by molar-refractivity contribution is -0.140. The molecule has 1 aliphatic heterocycles. The number of aliphatic carboxylic acids is 1. The van der Waals surface area contributed by atoms with E-state index in [0.717, 1.165) is 16.7 Å². The van der Waals surface area contributed by atoms with Crippen LogP contribution in [0.15, 0.2) is 6.07 Å². The summed E-state index contributed by atoms with van der Waals surface area (Å²) >= 11 is 1.13. The van der Waals surface area contributed by atoms with E-state index in [1.54, 1.807) is 0 Å². The van der Waals surface area contributed by atoms with Crippen LogP contribution in [-0.4, -0.2) is 44.7 Å². The Bertz CT molecular complexity index is 596. The predicted octanol–water partition coefficient (Wildman–Crippen LogP) is 1.41. The van der Waals surface area contributed by atoms with Gasteiger partial charge in [0.15, 0.2) is 17.4 Å². The van der Waals surface area contributed by atoms with Crippen molar-refractivity contribution in [1.29, 1.82) is 0 Å². The molecule has 2 rings (SSSR count). The fraction of sp³-hybridized carbons (Fsp3) is 0.273. The highest BCUT2D eigenvalue weighted by molar-refractivity contribution is 7.99. The van der Waals surface area contributed by atoms with Gasteiger partial charge in [0.1, 0.15) is 6.04 Å². The topological polar surface area (TPSA) is 77.8 Å². The van der Waals surface area contributed by atoms with Gasteiger partial charge in [0.2, 0.25) is 5.82 Å². The number of nitrogens with zero attached hydrogens (tertiary/aromatic N) is 1. The molecule has 0 spiro atoms. The average Bonchev–Trinajstić information content (AvgIpc) is 2.89. The van der Waals surface area contributed by atoms with E-state index < -0.39 is 46.7 Å². The van der Waals surface area contributed by atoms with Gasteiger partial charge >= 0.3 is 5.97 Å². The zero-order valence-corrected chi connectivity index (χ0v) is 10.6. The minimum Gasteiger partial charge on any atom is -0.503 e. The number of aromatic hydroxyl groups is 1. The maximum absolute atomic E-state index is 13.6. The quantitative estimate of drug-likeness (QED) is 0.808. The second-order valence-electron chi connectivity index (χ2n) is 4.01. The van der Waals surface area contributed by atoms with Gasteiger partial charge in [-0.3, -0.25) is 4.79 Å². The summed E-state index contributed by atoms with van der Waals surface area (Å²) in [4.78, 5) is 23.8. The molecule has 1 fully saturated rings. The summed E-state index contributed by atoms with van der Waals surface area (Å²) in [6, 6.07) is -0.878. The molecular formula is C11H8F3NO4S. The smallest absolute Gasteiger partial charge is 0.327 e. The lowest BCUT2D eigenvalue weighted by atomic mass is 10.1. The van der Waals surface area contributed by atoms with Gasteiger partial charge in [0.05, 0.1) is 11.4 Å². The van der Waals surface area contributed by atoms with Crippen LogP contribution < -0.4 is 0 Å². The lowest BCUT2D eigenvalue weighted by Crippen LogP contribution is -2.42. The van der Waals surface area contributed by atoms with Crippen LogP contribution in [0.25, 0.3) is 0 Å². The standard InChI is InChI=1S/C11H8F3NO4S/c12-5-1-4(7(13)9(16)8(5)14)10(17)15-3-20-2-6(15)11(18)19/h1,6,16H,2-3H2,(H,18,19)/t6-/m0/s1. The molecule has 1 amide bonds. The van der Waals surface area contributed by atoms with E-state index >= 15 is 0 Å². The Morgan fingerprint density at radius 3 is 2.55 bits per heavy atom. The van der Waals surface area contributed by atoms with E-state index in [1.165, 1.54) is 0 Å². The van der Waals surface area contributed by atoms with Gasteiger partial charge < -0.3 is 15.1 Å². The zero-order chi connectivity index (χ0) is 15.0. The van der Waals surface area contributed by atoms with Crippen LogP contribution in [0.5, 0.6) is 5.75 Å². The molecule has 9 heteroatoms. The molecule has 0 unspecified atom stereocenters. The van der Waals surface area contributed by atoms with E-state index in [2.05, 4.69) is 0 Å². The third kappa shape index (κ3) is 2.28. The largest absolute Gasteiger partial charge is 0.503 e. The van der Waals surface area contributed by atoms with Gasteiger partial charge in [-0.25, -0.2) is 13.6 Å². The molecule has 1 aromatic rings. The normalized spacial score (nSPS) is 18.4. The number of hydrogen-bond donors (Lipinski definition) is 2. The molecule has 0 aliphatic carbocycles. The van der Waals surface area contributed by atoms with Crippen molar-refractivity contribution in [3.63, 3.8) is 0 Å². The lowest BCUT2D eigenvalue weighted by Gasteiger charge is -2.20. The van der Waals surface area contributed by atoms with Crippen LogP contribution in [0.3, 0.4) is 0 Å². The molecule has 20 heavy (non-hydrogen) atoms. The van der Waals surface area contributed by atoms with Crippen molar-refractivity contribution in [2.24, 2.45) is 0 Å². The number of carboxylic acid groups (broad SMARTS) is 1. The monoisotopic (exact) mass is 307 g/mol. The molecule has 1 atom stereocenters. The van der Waals surface area contributed by atoms with E-state index in [4.69, 9.17) is 10.2 Å². The highest BCUT2D eigenvalue weighted by Crippen LogP contribution is 2.29. The summed E-state index contributed by atoms with van der Waals surface area (Å²) in [5.41, 5.74) is -0.907. The van der Waals surface area contributed by atoms with Crippen LogP contribution in [-0.2, 0) is 4.79 Å². The molecule has 0 bridgehead atoms. The maximum Gasteiger partial charge on any atom is 0.327 e. The first-order valence-electron chi connectivity index (χ1n) is 5.32. The fourth-order valence-corrected chi connectivity index (χ4v) is 2.89. The number of thioether (sulfide) groups is 1. The number of carboxylic acids is 1. The number of amides is 1. The fourth-order valence-electron chi connectivity index (χ4n) is 1.75. The van der Waals surface area contributed by atoms with Gasteiger partial charge in [-0.15, -0.1) is 11.8 Å². The van der Waals surface area contributed by atoms with Crippen molar-refractivity contribution in [3.8, 4) is 5.75 Å². The van der Waals surface area contributed by atoms with Crippen LogP contribution in [0.4, 0.5) is 13.2 Å². The Morgan fingerprint density at radius 2 is 1.95 bits per heavy atom. The molecule has 1 heterocycles. The van der Waals surface area contributed by atoms with Gasteiger partial charge in [-0.1, -0.05) is 0 Å². The Hall–Kier alpha value is -1.90. The predicted molar refractivity (Wildman–Crippen MR) is 62.9 cm³/mol. The van der Waals surface area contributed by atoms with E-state index in [-0.39, 0.29) is 11.6 Å². The molecule has 1 saturated heterocycles. The van der Waals surface area contributed by atoms with E-state index in [9.17, 15) is 22.8 Å². The van der Waals surface area contributed by atoms with Gasteiger partial charge in [-0.2, -0.15) is 4.39 Å². The van der Waals surface area contributed by atoms with Crippen molar-refractivity contribution in [1.82, 2.24) is 4.90 Å². The minimum atomic E-state index is -1.80. The molecule has 2 N–H and O–H groups in total. The zero-order valence-electron chi connectivity index (χ0n) is 9.77. The first-order valence-corrected chi connectivity index (χ1v) is 6.48. The Morgan fingerprint density at radius 1 is 1.30 bits per heavy atom. The second kappa shape index (κ2) is 5.23. The number of carbonyl (C=O) groups is 2. The number of carbonyl (C=O) groups excluding carboxylic acids is 1. The van der Waals surface area contributed by atoms with Crippen molar-refractivity contribution >= 4 is 23.6 Å². The molecule has 0 radical (unpaired) electrons. The van der Waals surface area contributed by atoms with E-state index in [1.807, 2.05) is 0 Å². The first kappa shape index (κ1) is 14.5. The molecule has 0 aromatic heterocycles. The number of phenolic OH excluding ortho intramolecular Hbond substituents is 1. The van der Waals surface area contributed by atoms with Crippen LogP contribution >= 0.6 is 11.8 Å². The number of rotatable bonds is 2. The highest BCUT2D eigenvalue weighted by Gasteiger charge is 2.37. The number of halogens is 3. The minimum absolute atomic E-state index is 0.0189. The van der Waals surface area contributed by atoms with Crippen molar-refractivity contribution < 1.29 is 33.0 Å². The Labute approximate surface area is 115 Å². The average molecular weight is 307 g/mol. The summed E-state index contributed by atoms with van der Waals surface area (Å²) < 4.78 is 39.7. The summed E-state index contributed by atoms with van der Waals surface area (Å²) in [5, 5.41) is 18.0. The summed E-state index contributed by atoms with van der Waals surface area (Å²) in [7, 11) is 0. The van der Waals surface area contributed by atoms with Gasteiger partial charge in [-0.05, 0) is 6.07 Å². The van der Waals surface area contributed by atoms with Crippen molar-refractivity contribution in [2.45, 2.75) is 6.04 Å². The van der Waals surface area contributed by atoms with Gasteiger partial charge in [0, 0.05) is 5.75 Å². The maximum atomic E-state index is 13.6. The number of benzene rings is 1. The summed E-state index contributed by atoms with van der Waals surface area (Å²) in [6.45, 7) is 0. The highest BCUT2D eigenvalue weighted by atomic mass is 32.2. The molecule has 5 nitrogen and oxygen atoms in total. The van der Waals surface area contributed by atoms with Crippen molar-refractivity contribution in [2.75, 3.05) is 11.6 Å². The SMILES string of the molecule is O=C(O)[C@@H]1CSCN1C(=O)c1cc(F)c(F)c(O)c1F. The molecule has 0 saturated carbocycles. The first-order chi connectivity index (χ1) is 9.34. The van der Waals surface area contributed by atoms with Crippen molar-refractivity contribution in [3.05, 3.63) is 29.1 Å². The molecule has 1 aromatic carbocycles. The third-order valence-corrected chi connectivity index (χ3v) is 3.80. The third-order valence-electron chi connectivity index (χ3n) is 2.79. The van der Waals surface area contributed by atoms with E-state index in [0.29, 0.717) is 6.07 Å². The summed E-state index contributed by atoms with van der Waals surface area (Å²) in [6.07, 6.45) is 0. The number of hydrogen-bond acceptors (Lipinski definition) is 4. The van der Waals surface area contributed by atoms with Crippen LogP contribution in [0.1, 0.15) is 10.4 Å². The van der Waals surface area contributed by atoms with Crippen LogP contribution in [0, 0.1) is 17.5 Å². The number of phenols is 1. The molecule has 1 aliphatic rings. The summed E-state index contributed by atoms with van der Waals surface area (Å²) in [5.74, 6) is -8.92.